The number of nitriles is 1. The SMILES string of the molecule is CC(=Nc1cc2cnn(CCC(F)(F)F)c2cn1)c1ccc(C2(C#N)CC2)cc1N. The fourth-order valence-corrected chi connectivity index (χ4v) is 3.45. The van der Waals surface area contributed by atoms with E-state index in [1.807, 2.05) is 18.2 Å². The number of hydrogen-bond acceptors (Lipinski definition) is 5. The first-order valence-corrected chi connectivity index (χ1v) is 9.46. The van der Waals surface area contributed by atoms with E-state index in [1.54, 1.807) is 13.0 Å². The second-order valence-electron chi connectivity index (χ2n) is 7.53. The zero-order valence-electron chi connectivity index (χ0n) is 16.2. The number of rotatable bonds is 5. The molecule has 0 aliphatic heterocycles. The number of pyridine rings is 1. The maximum atomic E-state index is 12.5. The normalized spacial score (nSPS) is 15.9. The summed E-state index contributed by atoms with van der Waals surface area (Å²) in [5.41, 5.74) is 9.17. The van der Waals surface area contributed by atoms with Gasteiger partial charge in [0.1, 0.15) is 0 Å². The van der Waals surface area contributed by atoms with Gasteiger partial charge < -0.3 is 5.73 Å². The first kappa shape index (κ1) is 19.9. The molecule has 6 nitrogen and oxygen atoms in total. The average Bonchev–Trinajstić information content (AvgIpc) is 3.39. The molecule has 30 heavy (non-hydrogen) atoms. The first-order chi connectivity index (χ1) is 14.2. The van der Waals surface area contributed by atoms with Crippen LogP contribution in [0.5, 0.6) is 0 Å². The van der Waals surface area contributed by atoms with Gasteiger partial charge in [-0.2, -0.15) is 23.5 Å². The van der Waals surface area contributed by atoms with Crippen LogP contribution in [0.1, 0.15) is 37.3 Å². The van der Waals surface area contributed by atoms with Gasteiger partial charge in [0.25, 0.3) is 0 Å². The highest BCUT2D eigenvalue weighted by Gasteiger charge is 2.45. The Balaban J connectivity index is 1.58. The highest BCUT2D eigenvalue weighted by atomic mass is 19.4. The Morgan fingerprint density at radius 3 is 2.70 bits per heavy atom. The lowest BCUT2D eigenvalue weighted by atomic mass is 9.95. The molecule has 1 aliphatic rings. The molecule has 0 bridgehead atoms. The maximum absolute atomic E-state index is 12.5. The lowest BCUT2D eigenvalue weighted by molar-refractivity contribution is -0.137. The number of nitrogen functional groups attached to an aromatic ring is 1. The zero-order chi connectivity index (χ0) is 21.5. The third-order valence-electron chi connectivity index (χ3n) is 5.36. The van der Waals surface area contributed by atoms with Gasteiger partial charge in [-0.05, 0) is 37.5 Å². The van der Waals surface area contributed by atoms with Crippen molar-refractivity contribution in [1.82, 2.24) is 14.8 Å². The number of halogens is 3. The van der Waals surface area contributed by atoms with E-state index in [0.717, 1.165) is 24.0 Å². The summed E-state index contributed by atoms with van der Waals surface area (Å²) in [5.74, 6) is 0.412. The molecular weight excluding hydrogens is 393 g/mol. The van der Waals surface area contributed by atoms with E-state index in [9.17, 15) is 18.4 Å². The quantitative estimate of drug-likeness (QED) is 0.487. The van der Waals surface area contributed by atoms with Gasteiger partial charge in [-0.3, -0.25) is 4.68 Å². The molecule has 2 N–H and O–H groups in total. The lowest BCUT2D eigenvalue weighted by Crippen LogP contribution is -2.12. The topological polar surface area (TPSA) is 92.9 Å². The van der Waals surface area contributed by atoms with Crippen molar-refractivity contribution in [3.8, 4) is 6.07 Å². The van der Waals surface area contributed by atoms with Crippen molar-refractivity contribution in [2.24, 2.45) is 4.99 Å². The number of alkyl halides is 3. The van der Waals surface area contributed by atoms with Gasteiger partial charge in [-0.15, -0.1) is 0 Å². The molecule has 4 rings (SSSR count). The summed E-state index contributed by atoms with van der Waals surface area (Å²) in [6.07, 6.45) is -0.533. The van der Waals surface area contributed by atoms with Gasteiger partial charge in [0.2, 0.25) is 0 Å². The van der Waals surface area contributed by atoms with Crippen LogP contribution in [0.15, 0.2) is 41.7 Å². The minimum Gasteiger partial charge on any atom is -0.398 e. The van der Waals surface area contributed by atoms with Crippen molar-refractivity contribution in [2.45, 2.75) is 44.3 Å². The molecule has 3 aromatic rings. The van der Waals surface area contributed by atoms with Gasteiger partial charge in [0.05, 0.1) is 42.4 Å². The van der Waals surface area contributed by atoms with Crippen molar-refractivity contribution in [3.05, 3.63) is 47.8 Å². The standard InChI is InChI=1S/C21H19F3N6/c1-13(16-3-2-15(9-17(16)26)20(12-25)4-5-20)29-19-8-14-10-28-30(18(14)11-27-19)7-6-21(22,23)24/h2-3,8-11H,4-7,26H2,1H3. The molecule has 154 valence electrons. The van der Waals surface area contributed by atoms with Gasteiger partial charge in [0.15, 0.2) is 5.82 Å². The van der Waals surface area contributed by atoms with E-state index in [1.165, 1.54) is 17.1 Å². The number of nitrogens with zero attached hydrogens (tertiary/aromatic N) is 5. The van der Waals surface area contributed by atoms with Crippen molar-refractivity contribution in [1.29, 1.82) is 5.26 Å². The summed E-state index contributed by atoms with van der Waals surface area (Å²) in [7, 11) is 0. The largest absolute Gasteiger partial charge is 0.398 e. The molecule has 0 amide bonds. The summed E-state index contributed by atoms with van der Waals surface area (Å²) in [6, 6.07) is 9.62. The summed E-state index contributed by atoms with van der Waals surface area (Å²) < 4.78 is 38.7. The molecule has 0 unspecified atom stereocenters. The van der Waals surface area contributed by atoms with Gasteiger partial charge in [-0.25, -0.2) is 9.98 Å². The minimum absolute atomic E-state index is 0.261. The molecule has 0 radical (unpaired) electrons. The second-order valence-corrected chi connectivity index (χ2v) is 7.53. The number of nitrogens with two attached hydrogens (primary N) is 1. The third-order valence-corrected chi connectivity index (χ3v) is 5.36. The lowest BCUT2D eigenvalue weighted by Gasteiger charge is -2.11. The molecule has 1 saturated carbocycles. The summed E-state index contributed by atoms with van der Waals surface area (Å²) >= 11 is 0. The van der Waals surface area contributed by atoms with Crippen LogP contribution < -0.4 is 5.73 Å². The molecule has 0 spiro atoms. The van der Waals surface area contributed by atoms with E-state index in [2.05, 4.69) is 21.1 Å². The van der Waals surface area contributed by atoms with E-state index in [0.29, 0.717) is 28.1 Å². The van der Waals surface area contributed by atoms with Crippen LogP contribution in [0, 0.1) is 11.3 Å². The Hall–Kier alpha value is -3.41. The smallest absolute Gasteiger partial charge is 0.390 e. The van der Waals surface area contributed by atoms with Crippen LogP contribution in [-0.4, -0.2) is 26.7 Å². The van der Waals surface area contributed by atoms with Gasteiger partial charge in [0, 0.05) is 22.3 Å². The van der Waals surface area contributed by atoms with E-state index in [-0.39, 0.29) is 6.54 Å². The van der Waals surface area contributed by atoms with Crippen molar-refractivity contribution >= 4 is 28.1 Å². The molecule has 1 aliphatic carbocycles. The number of fused-ring (bicyclic) bond motifs is 1. The summed E-state index contributed by atoms with van der Waals surface area (Å²) in [5, 5.41) is 14.0. The predicted molar refractivity (Wildman–Crippen MR) is 107 cm³/mol. The van der Waals surface area contributed by atoms with Crippen LogP contribution >= 0.6 is 0 Å². The fraction of sp³-hybridized carbons (Fsp3) is 0.333. The van der Waals surface area contributed by atoms with Crippen molar-refractivity contribution in [2.75, 3.05) is 5.73 Å². The Kier molecular flexibility index (Phi) is 4.73. The molecule has 2 heterocycles. The highest BCUT2D eigenvalue weighted by molar-refractivity contribution is 6.04. The Labute approximate surface area is 170 Å². The third kappa shape index (κ3) is 3.85. The molecule has 0 saturated heterocycles. The molecule has 1 aromatic carbocycles. The van der Waals surface area contributed by atoms with Crippen LogP contribution in [-0.2, 0) is 12.0 Å². The van der Waals surface area contributed by atoms with Gasteiger partial charge >= 0.3 is 6.18 Å². The molecular formula is C21H19F3N6. The van der Waals surface area contributed by atoms with E-state index < -0.39 is 18.0 Å². The number of aromatic nitrogens is 3. The fourth-order valence-electron chi connectivity index (χ4n) is 3.45. The summed E-state index contributed by atoms with van der Waals surface area (Å²) in [4.78, 5) is 8.75. The molecule has 2 aromatic heterocycles. The maximum Gasteiger partial charge on any atom is 0.390 e. The van der Waals surface area contributed by atoms with E-state index in [4.69, 9.17) is 5.73 Å². The van der Waals surface area contributed by atoms with Crippen LogP contribution in [0.4, 0.5) is 24.7 Å². The first-order valence-electron chi connectivity index (χ1n) is 9.46. The van der Waals surface area contributed by atoms with Crippen LogP contribution in [0.3, 0.4) is 0 Å². The van der Waals surface area contributed by atoms with E-state index >= 15 is 0 Å². The molecule has 9 heteroatoms. The van der Waals surface area contributed by atoms with Crippen molar-refractivity contribution < 1.29 is 13.2 Å². The Bertz CT molecular complexity index is 1180. The second kappa shape index (κ2) is 7.13. The Morgan fingerprint density at radius 1 is 1.30 bits per heavy atom. The number of anilines is 1. The number of hydrogen-bond donors (Lipinski definition) is 1. The molecule has 1 fully saturated rings. The van der Waals surface area contributed by atoms with Crippen LogP contribution in [0.2, 0.25) is 0 Å². The predicted octanol–water partition coefficient (Wildman–Crippen LogP) is 4.66. The van der Waals surface area contributed by atoms with Crippen LogP contribution in [0.25, 0.3) is 10.9 Å². The van der Waals surface area contributed by atoms with Crippen molar-refractivity contribution in [3.63, 3.8) is 0 Å². The highest BCUT2D eigenvalue weighted by Crippen LogP contribution is 2.48. The minimum atomic E-state index is -4.24. The molecule has 0 atom stereocenters. The number of benzene rings is 1. The number of aliphatic imine (C=N–C) groups is 1. The summed E-state index contributed by atoms with van der Waals surface area (Å²) in [6.45, 7) is 1.55. The monoisotopic (exact) mass is 412 g/mol. The van der Waals surface area contributed by atoms with Gasteiger partial charge in [-0.1, -0.05) is 12.1 Å². The zero-order valence-corrected chi connectivity index (χ0v) is 16.2. The number of aryl methyl sites for hydroxylation is 1. The average molecular weight is 412 g/mol. The Morgan fingerprint density at radius 2 is 2.07 bits per heavy atom.